The van der Waals surface area contributed by atoms with Crippen LogP contribution in [0.1, 0.15) is 16.8 Å². The Morgan fingerprint density at radius 1 is 1.41 bits per heavy atom. The monoisotopic (exact) mass is 250 g/mol. The van der Waals surface area contributed by atoms with E-state index in [9.17, 15) is 13.2 Å². The summed E-state index contributed by atoms with van der Waals surface area (Å²) in [6, 6.07) is 8.55. The molecule has 2 rings (SSSR count). The van der Waals surface area contributed by atoms with Crippen molar-refractivity contribution < 1.29 is 13.2 Å². The van der Waals surface area contributed by atoms with Crippen molar-refractivity contribution >= 4 is 15.6 Å². The van der Waals surface area contributed by atoms with E-state index in [1.54, 1.807) is 36.4 Å². The van der Waals surface area contributed by atoms with E-state index in [1.807, 2.05) is 0 Å². The molecule has 0 aliphatic heterocycles. The lowest BCUT2D eigenvalue weighted by Crippen LogP contribution is -2.34. The Morgan fingerprint density at radius 3 is 2.41 bits per heavy atom. The minimum absolute atomic E-state index is 0.259. The van der Waals surface area contributed by atoms with Crippen LogP contribution in [0.3, 0.4) is 0 Å². The fraction of sp³-hybridized carbons (Fsp3) is 0.308. The van der Waals surface area contributed by atoms with Gasteiger partial charge in [0.05, 0.1) is 0 Å². The minimum atomic E-state index is -3.42. The molecule has 0 radical (unpaired) electrons. The summed E-state index contributed by atoms with van der Waals surface area (Å²) in [5.41, 5.74) is 0.447. The second-order valence-electron chi connectivity index (χ2n) is 4.40. The lowest BCUT2D eigenvalue weighted by molar-refractivity contribution is 0.0975. The Kier molecular flexibility index (Phi) is 2.70. The Bertz CT molecular complexity index is 560. The molecule has 1 aliphatic rings. The van der Waals surface area contributed by atoms with Crippen LogP contribution in [-0.4, -0.2) is 25.2 Å². The number of ketones is 1. The van der Waals surface area contributed by atoms with Crippen LogP contribution in [0, 0.1) is 5.92 Å². The van der Waals surface area contributed by atoms with E-state index in [2.05, 4.69) is 6.58 Å². The van der Waals surface area contributed by atoms with Crippen molar-refractivity contribution in [2.24, 2.45) is 5.92 Å². The molecule has 90 valence electrons. The highest BCUT2D eigenvalue weighted by Crippen LogP contribution is 2.52. The van der Waals surface area contributed by atoms with Crippen LogP contribution in [0.25, 0.3) is 0 Å². The van der Waals surface area contributed by atoms with Crippen molar-refractivity contribution in [3.63, 3.8) is 0 Å². The summed E-state index contributed by atoms with van der Waals surface area (Å²) in [5.74, 6) is -0.573. The zero-order valence-electron chi connectivity index (χ0n) is 9.59. The molecule has 1 aromatic rings. The van der Waals surface area contributed by atoms with Gasteiger partial charge in [-0.15, -0.1) is 6.58 Å². The molecule has 0 bridgehead atoms. The highest BCUT2D eigenvalue weighted by atomic mass is 32.2. The molecule has 3 nitrogen and oxygen atoms in total. The highest BCUT2D eigenvalue weighted by molar-refractivity contribution is 7.93. The van der Waals surface area contributed by atoms with Crippen molar-refractivity contribution in [1.29, 1.82) is 0 Å². The van der Waals surface area contributed by atoms with Crippen molar-refractivity contribution in [2.45, 2.75) is 11.2 Å². The summed E-state index contributed by atoms with van der Waals surface area (Å²) in [6.45, 7) is 3.59. The number of benzene rings is 1. The largest absolute Gasteiger partial charge is 0.292 e. The number of rotatable bonds is 4. The van der Waals surface area contributed by atoms with Gasteiger partial charge in [-0.1, -0.05) is 36.4 Å². The maximum Gasteiger partial charge on any atom is 0.184 e. The smallest absolute Gasteiger partial charge is 0.184 e. The van der Waals surface area contributed by atoms with Crippen LogP contribution in [0.2, 0.25) is 0 Å². The molecule has 1 aliphatic carbocycles. The summed E-state index contributed by atoms with van der Waals surface area (Å²) < 4.78 is 22.4. The number of hydrogen-bond donors (Lipinski definition) is 0. The Labute approximate surface area is 101 Å². The summed E-state index contributed by atoms with van der Waals surface area (Å²) in [6.07, 6.45) is 3.03. The molecule has 0 heterocycles. The fourth-order valence-corrected chi connectivity index (χ4v) is 3.81. The van der Waals surface area contributed by atoms with Gasteiger partial charge in [-0.2, -0.15) is 0 Å². The van der Waals surface area contributed by atoms with Crippen molar-refractivity contribution in [3.8, 4) is 0 Å². The molecule has 0 aromatic heterocycles. The van der Waals surface area contributed by atoms with E-state index < -0.39 is 14.6 Å². The predicted octanol–water partition coefficient (Wildman–Crippen LogP) is 1.86. The molecule has 1 saturated carbocycles. The van der Waals surface area contributed by atoms with E-state index in [-0.39, 0.29) is 11.7 Å². The molecular weight excluding hydrogens is 236 g/mol. The third-order valence-corrected chi connectivity index (χ3v) is 5.31. The normalized spacial score (nSPS) is 27.5. The van der Waals surface area contributed by atoms with Crippen LogP contribution < -0.4 is 0 Å². The average Bonchev–Trinajstić information content (AvgIpc) is 3.04. The quantitative estimate of drug-likeness (QED) is 0.605. The van der Waals surface area contributed by atoms with Crippen LogP contribution in [0.4, 0.5) is 0 Å². The van der Waals surface area contributed by atoms with Crippen LogP contribution in [-0.2, 0) is 9.84 Å². The van der Waals surface area contributed by atoms with Crippen molar-refractivity contribution in [1.82, 2.24) is 0 Å². The first-order valence-electron chi connectivity index (χ1n) is 5.35. The van der Waals surface area contributed by atoms with Crippen LogP contribution in [0.15, 0.2) is 43.0 Å². The lowest BCUT2D eigenvalue weighted by atomic mass is 10.1. The minimum Gasteiger partial charge on any atom is -0.292 e. The summed E-state index contributed by atoms with van der Waals surface area (Å²) in [4.78, 5) is 12.3. The summed E-state index contributed by atoms with van der Waals surface area (Å²) >= 11 is 0. The molecule has 1 fully saturated rings. The molecule has 0 amide bonds. The molecule has 4 heteroatoms. The van der Waals surface area contributed by atoms with Gasteiger partial charge >= 0.3 is 0 Å². The predicted molar refractivity (Wildman–Crippen MR) is 66.7 cm³/mol. The second kappa shape index (κ2) is 3.81. The van der Waals surface area contributed by atoms with E-state index in [4.69, 9.17) is 0 Å². The van der Waals surface area contributed by atoms with Gasteiger partial charge in [0.25, 0.3) is 0 Å². The number of carbonyl (C=O) groups excluding carboxylic acids is 1. The molecule has 1 aromatic carbocycles. The third-order valence-electron chi connectivity index (χ3n) is 3.33. The Hall–Kier alpha value is -1.42. The van der Waals surface area contributed by atoms with Crippen molar-refractivity contribution in [2.75, 3.05) is 6.26 Å². The molecule has 0 N–H and O–H groups in total. The van der Waals surface area contributed by atoms with Gasteiger partial charge < -0.3 is 0 Å². The number of hydrogen-bond acceptors (Lipinski definition) is 3. The van der Waals surface area contributed by atoms with Crippen LogP contribution in [0.5, 0.6) is 0 Å². The van der Waals surface area contributed by atoms with Gasteiger partial charge in [0.2, 0.25) is 0 Å². The van der Waals surface area contributed by atoms with Gasteiger partial charge in [-0.25, -0.2) is 8.42 Å². The van der Waals surface area contributed by atoms with Gasteiger partial charge in [-0.05, 0) is 6.42 Å². The first kappa shape index (κ1) is 12.0. The molecule has 0 saturated heterocycles. The molecule has 17 heavy (non-hydrogen) atoms. The van der Waals surface area contributed by atoms with Gasteiger partial charge in [-0.3, -0.25) is 4.79 Å². The van der Waals surface area contributed by atoms with E-state index in [0.29, 0.717) is 12.0 Å². The Balaban J connectivity index is 2.46. The second-order valence-corrected chi connectivity index (χ2v) is 6.68. The number of carbonyl (C=O) groups is 1. The number of Topliss-reactive ketones (excluding diaryl/α,β-unsaturated/α-hetero) is 1. The number of allylic oxidation sites excluding steroid dienone is 1. The zero-order valence-corrected chi connectivity index (χ0v) is 10.4. The Morgan fingerprint density at radius 2 is 2.00 bits per heavy atom. The third kappa shape index (κ3) is 1.72. The summed E-state index contributed by atoms with van der Waals surface area (Å²) in [5, 5.41) is 0. The average molecular weight is 250 g/mol. The molecule has 2 unspecified atom stereocenters. The van der Waals surface area contributed by atoms with Crippen LogP contribution >= 0.6 is 0 Å². The molecule has 0 spiro atoms. The maximum absolute atomic E-state index is 12.3. The standard InChI is InChI=1S/C13H14O3S/c1-3-11-9-13(11,17(2,15)16)12(14)10-7-5-4-6-8-10/h3-8,11H,1,9H2,2H3. The first-order valence-corrected chi connectivity index (χ1v) is 7.24. The van der Waals surface area contributed by atoms with Crippen molar-refractivity contribution in [3.05, 3.63) is 48.6 Å². The maximum atomic E-state index is 12.3. The first-order chi connectivity index (χ1) is 7.93. The van der Waals surface area contributed by atoms with Gasteiger partial charge in [0, 0.05) is 17.7 Å². The zero-order chi connectivity index (χ0) is 12.7. The van der Waals surface area contributed by atoms with Gasteiger partial charge in [0.1, 0.15) is 4.75 Å². The topological polar surface area (TPSA) is 51.2 Å². The highest BCUT2D eigenvalue weighted by Gasteiger charge is 2.65. The van der Waals surface area contributed by atoms with Gasteiger partial charge in [0.15, 0.2) is 15.6 Å². The van der Waals surface area contributed by atoms with E-state index in [1.165, 1.54) is 0 Å². The summed E-state index contributed by atoms with van der Waals surface area (Å²) in [7, 11) is -3.42. The van der Waals surface area contributed by atoms with E-state index in [0.717, 1.165) is 6.26 Å². The lowest BCUT2D eigenvalue weighted by Gasteiger charge is -2.13. The SMILES string of the molecule is C=CC1CC1(C(=O)c1ccccc1)S(C)(=O)=O. The fourth-order valence-electron chi connectivity index (χ4n) is 2.23. The molecular formula is C13H14O3S. The van der Waals surface area contributed by atoms with E-state index >= 15 is 0 Å². The molecule has 2 atom stereocenters. The number of sulfone groups is 1.